The maximum atomic E-state index is 4.44. The Hall–Kier alpha value is -6.06. The Morgan fingerprint density at radius 3 is 2.60 bits per heavy atom. The van der Waals surface area contributed by atoms with E-state index in [4.69, 9.17) is 0 Å². The van der Waals surface area contributed by atoms with Gasteiger partial charge in [-0.25, -0.2) is 0 Å². The van der Waals surface area contributed by atoms with Gasteiger partial charge in [0.15, 0.2) is 0 Å². The van der Waals surface area contributed by atoms with Crippen LogP contribution in [0.2, 0.25) is 0 Å². The predicted molar refractivity (Wildman–Crippen MR) is 232 cm³/mol. The Bertz CT molecular complexity index is 2010. The number of hydrogen-bond donors (Lipinski definition) is 2. The molecular formula is C50H53N3. The van der Waals surface area contributed by atoms with Crippen LogP contribution in [0.4, 0.5) is 5.69 Å². The largest absolute Gasteiger partial charge is 0.375 e. The zero-order valence-corrected chi connectivity index (χ0v) is 31.3. The van der Waals surface area contributed by atoms with Crippen LogP contribution < -0.4 is 10.6 Å². The maximum absolute atomic E-state index is 4.44. The predicted octanol–water partition coefficient (Wildman–Crippen LogP) is 12.0. The fourth-order valence-corrected chi connectivity index (χ4v) is 7.03. The van der Waals surface area contributed by atoms with E-state index >= 15 is 0 Å². The summed E-state index contributed by atoms with van der Waals surface area (Å²) in [4.78, 5) is 2.29. The van der Waals surface area contributed by atoms with Crippen molar-refractivity contribution in [2.24, 2.45) is 0 Å². The van der Waals surface area contributed by atoms with Crippen LogP contribution in [0.15, 0.2) is 213 Å². The fraction of sp³-hybridized carbons (Fsp3) is 0.160. The molecule has 0 fully saturated rings. The summed E-state index contributed by atoms with van der Waals surface area (Å²) in [5, 5.41) is 7.42. The number of para-hydroxylation sites is 1. The van der Waals surface area contributed by atoms with Gasteiger partial charge in [0.05, 0.1) is 6.04 Å². The minimum absolute atomic E-state index is 0.0883. The highest BCUT2D eigenvalue weighted by Gasteiger charge is 2.31. The van der Waals surface area contributed by atoms with Crippen molar-refractivity contribution in [2.45, 2.75) is 44.8 Å². The summed E-state index contributed by atoms with van der Waals surface area (Å²) in [6.45, 7) is 21.1. The summed E-state index contributed by atoms with van der Waals surface area (Å²) in [5.74, 6) is 0.216. The molecule has 0 spiro atoms. The number of fused-ring (bicyclic) bond motifs is 3. The summed E-state index contributed by atoms with van der Waals surface area (Å²) >= 11 is 0. The zero-order chi connectivity index (χ0) is 37.4. The highest BCUT2D eigenvalue weighted by molar-refractivity contribution is 5.95. The molecule has 53 heavy (non-hydrogen) atoms. The number of benzene rings is 2. The first-order valence-corrected chi connectivity index (χ1v) is 18.5. The van der Waals surface area contributed by atoms with Crippen LogP contribution in [0.1, 0.15) is 48.4 Å². The summed E-state index contributed by atoms with van der Waals surface area (Å²) in [6, 6.07) is 15.5. The van der Waals surface area contributed by atoms with E-state index < -0.39 is 0 Å². The first-order valence-electron chi connectivity index (χ1n) is 18.5. The lowest BCUT2D eigenvalue weighted by Crippen LogP contribution is -2.42. The molecule has 3 aliphatic rings. The summed E-state index contributed by atoms with van der Waals surface area (Å²) in [5.41, 5.74) is 12.3. The first kappa shape index (κ1) is 38.2. The van der Waals surface area contributed by atoms with E-state index in [0.717, 1.165) is 24.2 Å². The highest BCUT2D eigenvalue weighted by atomic mass is 15.3. The number of nitrogens with zero attached hydrogens (tertiary/aromatic N) is 1. The van der Waals surface area contributed by atoms with E-state index in [2.05, 4.69) is 165 Å². The zero-order valence-electron chi connectivity index (χ0n) is 31.3. The van der Waals surface area contributed by atoms with Crippen LogP contribution in [-0.2, 0) is 6.42 Å². The second kappa shape index (κ2) is 19.5. The molecule has 0 bridgehead atoms. The van der Waals surface area contributed by atoms with Crippen molar-refractivity contribution < 1.29 is 0 Å². The average Bonchev–Trinajstić information content (AvgIpc) is 3.70. The third kappa shape index (κ3) is 10.1. The minimum atomic E-state index is -0.0974. The van der Waals surface area contributed by atoms with E-state index in [1.807, 2.05) is 54.8 Å². The monoisotopic (exact) mass is 695 g/mol. The van der Waals surface area contributed by atoms with E-state index in [1.165, 1.54) is 44.5 Å². The van der Waals surface area contributed by atoms with E-state index in [0.29, 0.717) is 6.54 Å². The maximum Gasteiger partial charge on any atom is 0.119 e. The lowest BCUT2D eigenvalue weighted by atomic mass is 9.93. The van der Waals surface area contributed by atoms with Crippen molar-refractivity contribution in [3.8, 4) is 0 Å². The average molecular weight is 696 g/mol. The van der Waals surface area contributed by atoms with Crippen LogP contribution in [-0.4, -0.2) is 23.7 Å². The SMILES string of the molecule is C=C/C=C\C=CC1N/C=C\C=C/C(=C)N1C/C(=C\C=C)c1cccc2c1C1=CC(Nc3ccccc3C(C)/C=C(C=CC/C=C\C=C)\C=C/C)C=C1C2. The van der Waals surface area contributed by atoms with Crippen molar-refractivity contribution in [1.29, 1.82) is 0 Å². The molecule has 2 aliphatic carbocycles. The van der Waals surface area contributed by atoms with Gasteiger partial charge in [0.1, 0.15) is 6.17 Å². The molecule has 3 atom stereocenters. The lowest BCUT2D eigenvalue weighted by Gasteiger charge is -2.34. The van der Waals surface area contributed by atoms with Crippen molar-refractivity contribution in [2.75, 3.05) is 11.9 Å². The molecule has 0 aromatic heterocycles. The molecule has 3 heteroatoms. The molecule has 5 rings (SSSR count). The molecule has 268 valence electrons. The van der Waals surface area contributed by atoms with Gasteiger partial charge in [0, 0.05) is 23.8 Å². The molecule has 0 saturated heterocycles. The Morgan fingerprint density at radius 2 is 1.79 bits per heavy atom. The Kier molecular flexibility index (Phi) is 14.1. The van der Waals surface area contributed by atoms with Crippen LogP contribution in [0.3, 0.4) is 0 Å². The normalized spacial score (nSPS) is 20.6. The van der Waals surface area contributed by atoms with Crippen molar-refractivity contribution in [3.63, 3.8) is 0 Å². The topological polar surface area (TPSA) is 27.3 Å². The first-order chi connectivity index (χ1) is 26.0. The standard InChI is InChI=1S/C50H53N3/c1-7-11-13-15-16-26-40(23-9-3)33-38(5)45-28-18-19-30-48(45)52-44-35-43-34-41-27-22-29-46(50(41)47(43)36-44)42(24-10-4)37-53-39(6)25-20-21-32-51-49(53)31-17-14-12-8-2/h7-14,16-33,35-36,38,44,49,51-52H,1-2,4,6,15,34,37H2,3,5H3/b13-11-,14-12-,23-9-,25-20-,26-16?,31-17?,32-21-,40-33+,42-24+. The molecule has 3 nitrogen and oxygen atoms in total. The Morgan fingerprint density at radius 1 is 0.943 bits per heavy atom. The quantitative estimate of drug-likeness (QED) is 0.171. The molecule has 2 aromatic carbocycles. The molecule has 1 aliphatic heterocycles. The van der Waals surface area contributed by atoms with Gasteiger partial charge in [-0.15, -0.1) is 0 Å². The fourth-order valence-electron chi connectivity index (χ4n) is 7.03. The third-order valence-corrected chi connectivity index (χ3v) is 9.43. The van der Waals surface area contributed by atoms with Crippen molar-refractivity contribution in [1.82, 2.24) is 10.2 Å². The van der Waals surface area contributed by atoms with Crippen LogP contribution in [0.5, 0.6) is 0 Å². The van der Waals surface area contributed by atoms with Gasteiger partial charge in [-0.1, -0.05) is 173 Å². The van der Waals surface area contributed by atoms with Gasteiger partial charge in [-0.3, -0.25) is 0 Å². The van der Waals surface area contributed by atoms with E-state index in [9.17, 15) is 0 Å². The Labute approximate surface area is 318 Å². The van der Waals surface area contributed by atoms with Crippen molar-refractivity contribution in [3.05, 3.63) is 236 Å². The highest BCUT2D eigenvalue weighted by Crippen LogP contribution is 2.45. The molecule has 0 radical (unpaired) electrons. The van der Waals surface area contributed by atoms with Crippen LogP contribution in [0.25, 0.3) is 11.1 Å². The summed E-state index contributed by atoms with van der Waals surface area (Å²) < 4.78 is 0. The van der Waals surface area contributed by atoms with Crippen molar-refractivity contribution >= 4 is 16.8 Å². The van der Waals surface area contributed by atoms with Gasteiger partial charge in [0.25, 0.3) is 0 Å². The molecule has 1 heterocycles. The number of rotatable bonds is 16. The summed E-state index contributed by atoms with van der Waals surface area (Å²) in [7, 11) is 0. The summed E-state index contributed by atoms with van der Waals surface area (Å²) in [6.07, 6.45) is 45.4. The second-order valence-corrected chi connectivity index (χ2v) is 13.2. The molecule has 0 saturated carbocycles. The number of nitrogens with one attached hydrogen (secondary N) is 2. The number of allylic oxidation sites excluding steroid dienone is 20. The molecular weight excluding hydrogens is 643 g/mol. The third-order valence-electron chi connectivity index (χ3n) is 9.43. The number of hydrogen-bond acceptors (Lipinski definition) is 3. The van der Waals surface area contributed by atoms with Gasteiger partial charge in [-0.2, -0.15) is 0 Å². The smallest absolute Gasteiger partial charge is 0.119 e. The molecule has 3 unspecified atom stereocenters. The van der Waals surface area contributed by atoms with Crippen LogP contribution in [0, 0.1) is 0 Å². The van der Waals surface area contributed by atoms with Crippen LogP contribution >= 0.6 is 0 Å². The van der Waals surface area contributed by atoms with E-state index in [1.54, 1.807) is 6.08 Å². The molecule has 0 amide bonds. The molecule has 2 aromatic rings. The van der Waals surface area contributed by atoms with Gasteiger partial charge in [0.2, 0.25) is 0 Å². The number of anilines is 1. The van der Waals surface area contributed by atoms with E-state index in [-0.39, 0.29) is 18.1 Å². The second-order valence-electron chi connectivity index (χ2n) is 13.2. The lowest BCUT2D eigenvalue weighted by molar-refractivity contribution is 0.311. The minimum Gasteiger partial charge on any atom is -0.375 e. The molecule has 2 N–H and O–H groups in total. The van der Waals surface area contributed by atoms with Gasteiger partial charge in [-0.05, 0) is 94.8 Å². The Balaban J connectivity index is 1.41. The van der Waals surface area contributed by atoms with Gasteiger partial charge < -0.3 is 15.5 Å². The van der Waals surface area contributed by atoms with Gasteiger partial charge >= 0.3 is 0 Å².